The minimum absolute atomic E-state index is 0.0859. The van der Waals surface area contributed by atoms with Crippen LogP contribution in [0.5, 0.6) is 0 Å². The lowest BCUT2D eigenvalue weighted by Crippen LogP contribution is -2.43. The van der Waals surface area contributed by atoms with E-state index in [-0.39, 0.29) is 13.2 Å². The molecule has 1 heterocycles. The topological polar surface area (TPSA) is 98.8 Å². The summed E-state index contributed by atoms with van der Waals surface area (Å²) in [6, 6.07) is -2.81. The minimum atomic E-state index is -1.41. The van der Waals surface area contributed by atoms with E-state index in [4.69, 9.17) is 0 Å². The first-order chi connectivity index (χ1) is 8.02. The molecule has 0 bridgehead atoms. The van der Waals surface area contributed by atoms with Gasteiger partial charge >= 0.3 is 11.9 Å². The van der Waals surface area contributed by atoms with Gasteiger partial charge in [-0.15, -0.1) is 0 Å². The van der Waals surface area contributed by atoms with Crippen LogP contribution in [0.4, 0.5) is 0 Å². The molecule has 1 aliphatic heterocycles. The molecule has 17 heavy (non-hydrogen) atoms. The van der Waals surface area contributed by atoms with Crippen LogP contribution in [0.25, 0.3) is 0 Å². The zero-order valence-corrected chi connectivity index (χ0v) is 9.52. The van der Waals surface area contributed by atoms with Gasteiger partial charge in [0.2, 0.25) is 11.6 Å². The van der Waals surface area contributed by atoms with Gasteiger partial charge in [0, 0.05) is 0 Å². The lowest BCUT2D eigenvalue weighted by Gasteiger charge is -2.09. The van der Waals surface area contributed by atoms with Crippen molar-refractivity contribution in [2.24, 2.45) is 0 Å². The van der Waals surface area contributed by atoms with Crippen molar-refractivity contribution in [3.05, 3.63) is 0 Å². The maximum Gasteiger partial charge on any atom is 0.331 e. The Bertz CT molecular complexity index is 330. The Balaban J connectivity index is 2.75. The normalized spacial score (nSPS) is 23.6. The summed E-state index contributed by atoms with van der Waals surface area (Å²) in [6.07, 6.45) is 0. The van der Waals surface area contributed by atoms with Crippen LogP contribution in [-0.4, -0.2) is 48.8 Å². The van der Waals surface area contributed by atoms with Crippen LogP contribution >= 0.6 is 0 Å². The molecule has 0 aromatic heterocycles. The highest BCUT2D eigenvalue weighted by atomic mass is 16.5. The van der Waals surface area contributed by atoms with Gasteiger partial charge in [-0.05, 0) is 13.8 Å². The number of esters is 2. The summed E-state index contributed by atoms with van der Waals surface area (Å²) in [5.74, 6) is -3.67. The fourth-order valence-electron chi connectivity index (χ4n) is 1.40. The molecule has 7 nitrogen and oxygen atoms in total. The van der Waals surface area contributed by atoms with Crippen molar-refractivity contribution in [2.75, 3.05) is 13.2 Å². The Morgan fingerprint density at radius 2 is 1.35 bits per heavy atom. The van der Waals surface area contributed by atoms with E-state index >= 15 is 0 Å². The average Bonchev–Trinajstić information content (AvgIpc) is 2.57. The molecule has 0 aromatic rings. The number of rotatable bonds is 4. The van der Waals surface area contributed by atoms with Gasteiger partial charge in [-0.25, -0.2) is 9.59 Å². The number of Topliss-reactive ketones (excluding diaryl/α,β-unsaturated/α-hetero) is 2. The van der Waals surface area contributed by atoms with Gasteiger partial charge in [-0.2, -0.15) is 0 Å². The molecular formula is C10H13NO6. The van der Waals surface area contributed by atoms with Crippen molar-refractivity contribution in [3.8, 4) is 0 Å². The first kappa shape index (κ1) is 13.3. The summed E-state index contributed by atoms with van der Waals surface area (Å²) in [4.78, 5) is 45.5. The largest absolute Gasteiger partial charge is 0.464 e. The zero-order chi connectivity index (χ0) is 13.0. The third kappa shape index (κ3) is 2.68. The second-order valence-electron chi connectivity index (χ2n) is 3.27. The highest BCUT2D eigenvalue weighted by Gasteiger charge is 2.49. The SMILES string of the molecule is CCOC(=O)[C@@H]1N[C@@H](C(=O)OCC)C(=O)C1=O. The van der Waals surface area contributed by atoms with Gasteiger partial charge in [0.25, 0.3) is 0 Å². The molecule has 1 rings (SSSR count). The van der Waals surface area contributed by atoms with Crippen LogP contribution in [0.1, 0.15) is 13.8 Å². The van der Waals surface area contributed by atoms with E-state index in [1.807, 2.05) is 0 Å². The number of ketones is 2. The Hall–Kier alpha value is -1.76. The van der Waals surface area contributed by atoms with Crippen molar-refractivity contribution in [3.63, 3.8) is 0 Å². The van der Waals surface area contributed by atoms with Crippen molar-refractivity contribution >= 4 is 23.5 Å². The number of carbonyl (C=O) groups excluding carboxylic acids is 4. The third-order valence-electron chi connectivity index (χ3n) is 2.15. The van der Waals surface area contributed by atoms with Crippen LogP contribution in [0.2, 0.25) is 0 Å². The second kappa shape index (κ2) is 5.53. The Kier molecular flexibility index (Phi) is 4.33. The number of carbonyl (C=O) groups is 4. The van der Waals surface area contributed by atoms with Crippen LogP contribution in [-0.2, 0) is 28.7 Å². The molecule has 2 atom stereocenters. The Morgan fingerprint density at radius 3 is 1.65 bits per heavy atom. The molecule has 0 aliphatic carbocycles. The first-order valence-corrected chi connectivity index (χ1v) is 5.20. The molecule has 0 aromatic carbocycles. The number of hydrogen-bond acceptors (Lipinski definition) is 7. The summed E-state index contributed by atoms with van der Waals surface area (Å²) in [5, 5.41) is 2.31. The van der Waals surface area contributed by atoms with E-state index < -0.39 is 35.6 Å². The lowest BCUT2D eigenvalue weighted by atomic mass is 10.1. The highest BCUT2D eigenvalue weighted by Crippen LogP contribution is 2.08. The Labute approximate surface area is 97.4 Å². The van der Waals surface area contributed by atoms with Gasteiger partial charge in [0.1, 0.15) is 0 Å². The molecule has 94 valence electrons. The molecular weight excluding hydrogens is 230 g/mol. The van der Waals surface area contributed by atoms with Crippen LogP contribution in [0.3, 0.4) is 0 Å². The average molecular weight is 243 g/mol. The van der Waals surface area contributed by atoms with Crippen molar-refractivity contribution in [2.45, 2.75) is 25.9 Å². The van der Waals surface area contributed by atoms with Crippen LogP contribution in [0, 0.1) is 0 Å². The summed E-state index contributed by atoms with van der Waals surface area (Å²) in [6.45, 7) is 3.31. The van der Waals surface area contributed by atoms with Crippen molar-refractivity contribution in [1.29, 1.82) is 0 Å². The van der Waals surface area contributed by atoms with E-state index in [9.17, 15) is 19.2 Å². The number of ether oxygens (including phenoxy) is 2. The molecule has 0 amide bonds. The number of nitrogens with one attached hydrogen (secondary N) is 1. The molecule has 7 heteroatoms. The van der Waals surface area contributed by atoms with E-state index in [0.717, 1.165) is 0 Å². The molecule has 0 radical (unpaired) electrons. The van der Waals surface area contributed by atoms with E-state index in [1.165, 1.54) is 0 Å². The van der Waals surface area contributed by atoms with Gasteiger partial charge in [-0.1, -0.05) is 0 Å². The van der Waals surface area contributed by atoms with Crippen molar-refractivity contribution in [1.82, 2.24) is 5.32 Å². The first-order valence-electron chi connectivity index (χ1n) is 5.20. The quantitative estimate of drug-likeness (QED) is 0.368. The fourth-order valence-corrected chi connectivity index (χ4v) is 1.40. The smallest absolute Gasteiger partial charge is 0.331 e. The molecule has 1 N–H and O–H groups in total. The van der Waals surface area contributed by atoms with E-state index in [1.54, 1.807) is 13.8 Å². The fraction of sp³-hybridized carbons (Fsp3) is 0.600. The summed E-state index contributed by atoms with van der Waals surface area (Å²) < 4.78 is 9.21. The highest BCUT2D eigenvalue weighted by molar-refractivity contribution is 6.49. The van der Waals surface area contributed by atoms with Gasteiger partial charge in [0.15, 0.2) is 12.1 Å². The monoisotopic (exact) mass is 243 g/mol. The minimum Gasteiger partial charge on any atom is -0.464 e. The predicted molar refractivity (Wildman–Crippen MR) is 54.0 cm³/mol. The number of hydrogen-bond donors (Lipinski definition) is 1. The van der Waals surface area contributed by atoms with Crippen molar-refractivity contribution < 1.29 is 28.7 Å². The Morgan fingerprint density at radius 1 is 1.00 bits per heavy atom. The maximum atomic E-state index is 11.4. The molecule has 0 spiro atoms. The summed E-state index contributed by atoms with van der Waals surface area (Å²) in [5.41, 5.74) is 0. The molecule has 0 saturated carbocycles. The molecule has 0 unspecified atom stereocenters. The molecule has 1 fully saturated rings. The predicted octanol–water partition coefficient (Wildman–Crippen LogP) is -1.41. The standard InChI is InChI=1S/C10H13NO6/c1-3-16-9(14)5-7(12)8(13)6(11-5)10(15)17-4-2/h5-6,11H,3-4H2,1-2H3/t5-,6-/m1/s1. The van der Waals surface area contributed by atoms with Gasteiger partial charge in [-0.3, -0.25) is 14.9 Å². The van der Waals surface area contributed by atoms with Gasteiger partial charge < -0.3 is 9.47 Å². The van der Waals surface area contributed by atoms with Gasteiger partial charge in [0.05, 0.1) is 13.2 Å². The molecule has 1 saturated heterocycles. The van der Waals surface area contributed by atoms with Crippen LogP contribution < -0.4 is 5.32 Å². The summed E-state index contributed by atoms with van der Waals surface area (Å²) >= 11 is 0. The second-order valence-corrected chi connectivity index (χ2v) is 3.27. The molecule has 1 aliphatic rings. The van der Waals surface area contributed by atoms with E-state index in [2.05, 4.69) is 14.8 Å². The third-order valence-corrected chi connectivity index (χ3v) is 2.15. The van der Waals surface area contributed by atoms with Crippen LogP contribution in [0.15, 0.2) is 0 Å². The zero-order valence-electron chi connectivity index (χ0n) is 9.52. The van der Waals surface area contributed by atoms with E-state index in [0.29, 0.717) is 0 Å². The maximum absolute atomic E-state index is 11.4. The summed E-state index contributed by atoms with van der Waals surface area (Å²) in [7, 11) is 0. The lowest BCUT2D eigenvalue weighted by molar-refractivity contribution is -0.150.